The molecule has 0 unspecified atom stereocenters. The molecule has 1 aliphatic rings. The average Bonchev–Trinajstić information content (AvgIpc) is 2.79. The summed E-state index contributed by atoms with van der Waals surface area (Å²) >= 11 is 4.85. The van der Waals surface area contributed by atoms with Crippen molar-refractivity contribution in [2.45, 2.75) is 25.7 Å². The van der Waals surface area contributed by atoms with Crippen LogP contribution in [0.4, 0.5) is 0 Å². The molecule has 0 bridgehead atoms. The van der Waals surface area contributed by atoms with Gasteiger partial charge in [-0.3, -0.25) is 0 Å². The summed E-state index contributed by atoms with van der Waals surface area (Å²) in [5.74, 6) is 0.650. The van der Waals surface area contributed by atoms with E-state index in [-0.39, 0.29) is 4.99 Å². The molecule has 0 radical (unpaired) electrons. The molecule has 1 fully saturated rings. The predicted molar refractivity (Wildman–Crippen MR) is 65.4 cm³/mol. The largest absolute Gasteiger partial charge is 0.463 e. The van der Waals surface area contributed by atoms with Gasteiger partial charge in [0.25, 0.3) is 0 Å². The number of aromatic nitrogens is 2. The highest BCUT2D eigenvalue weighted by Crippen LogP contribution is 2.24. The summed E-state index contributed by atoms with van der Waals surface area (Å²) in [4.78, 5) is 8.44. The molecule has 0 saturated heterocycles. The Labute approximate surface area is 100 Å². The van der Waals surface area contributed by atoms with Gasteiger partial charge in [0.1, 0.15) is 10.7 Å². The standard InChI is InChI=1S/C11H15N3OS/c12-10(16)9-5-6-13-11(14-9)15-7-8-3-1-2-4-8/h5-6,8H,1-4,7H2,(H2,12,16). The van der Waals surface area contributed by atoms with Crippen molar-refractivity contribution in [3.05, 3.63) is 18.0 Å². The van der Waals surface area contributed by atoms with Crippen LogP contribution in [0.25, 0.3) is 0 Å². The molecule has 0 aromatic carbocycles. The Balaban J connectivity index is 1.93. The molecular weight excluding hydrogens is 222 g/mol. The van der Waals surface area contributed by atoms with E-state index in [9.17, 15) is 0 Å². The van der Waals surface area contributed by atoms with Crippen LogP contribution < -0.4 is 10.5 Å². The number of nitrogens with two attached hydrogens (primary N) is 1. The van der Waals surface area contributed by atoms with Gasteiger partial charge in [0.15, 0.2) is 0 Å². The third kappa shape index (κ3) is 2.88. The van der Waals surface area contributed by atoms with Gasteiger partial charge in [0.05, 0.1) is 6.61 Å². The van der Waals surface area contributed by atoms with Crippen LogP contribution in [-0.2, 0) is 0 Å². The van der Waals surface area contributed by atoms with Crippen LogP contribution in [-0.4, -0.2) is 21.6 Å². The number of hydrogen-bond acceptors (Lipinski definition) is 4. The second-order valence-electron chi connectivity index (χ2n) is 4.05. The zero-order valence-electron chi connectivity index (χ0n) is 9.06. The van der Waals surface area contributed by atoms with Gasteiger partial charge in [-0.05, 0) is 24.8 Å². The summed E-state index contributed by atoms with van der Waals surface area (Å²) in [6.45, 7) is 0.695. The van der Waals surface area contributed by atoms with Gasteiger partial charge in [-0.15, -0.1) is 0 Å². The Morgan fingerprint density at radius 1 is 1.50 bits per heavy atom. The third-order valence-electron chi connectivity index (χ3n) is 2.81. The molecule has 86 valence electrons. The second-order valence-corrected chi connectivity index (χ2v) is 4.49. The fourth-order valence-electron chi connectivity index (χ4n) is 1.92. The van der Waals surface area contributed by atoms with E-state index in [0.717, 1.165) is 0 Å². The first kappa shape index (κ1) is 11.3. The van der Waals surface area contributed by atoms with Crippen molar-refractivity contribution in [3.63, 3.8) is 0 Å². The van der Waals surface area contributed by atoms with Crippen molar-refractivity contribution in [2.24, 2.45) is 11.7 Å². The molecule has 4 nitrogen and oxygen atoms in total. The summed E-state index contributed by atoms with van der Waals surface area (Å²) in [5.41, 5.74) is 6.05. The van der Waals surface area contributed by atoms with E-state index < -0.39 is 0 Å². The monoisotopic (exact) mass is 237 g/mol. The van der Waals surface area contributed by atoms with Crippen molar-refractivity contribution < 1.29 is 4.74 Å². The minimum Gasteiger partial charge on any atom is -0.463 e. The van der Waals surface area contributed by atoms with Gasteiger partial charge in [-0.25, -0.2) is 4.98 Å². The van der Waals surface area contributed by atoms with Crippen LogP contribution >= 0.6 is 12.2 Å². The Morgan fingerprint density at radius 2 is 2.25 bits per heavy atom. The molecular formula is C11H15N3OS. The lowest BCUT2D eigenvalue weighted by molar-refractivity contribution is 0.234. The quantitative estimate of drug-likeness (QED) is 0.807. The van der Waals surface area contributed by atoms with Crippen LogP contribution in [0.1, 0.15) is 31.4 Å². The first-order valence-electron chi connectivity index (χ1n) is 5.51. The molecule has 16 heavy (non-hydrogen) atoms. The van der Waals surface area contributed by atoms with E-state index in [1.807, 2.05) is 0 Å². The smallest absolute Gasteiger partial charge is 0.316 e. The first-order valence-corrected chi connectivity index (χ1v) is 5.92. The average molecular weight is 237 g/mol. The zero-order valence-corrected chi connectivity index (χ0v) is 9.87. The van der Waals surface area contributed by atoms with E-state index in [1.165, 1.54) is 25.7 Å². The molecule has 1 aromatic rings. The number of thiocarbonyl (C=S) groups is 1. The molecule has 2 rings (SSSR count). The van der Waals surface area contributed by atoms with E-state index in [2.05, 4.69) is 9.97 Å². The van der Waals surface area contributed by atoms with Crippen LogP contribution in [0.3, 0.4) is 0 Å². The maximum Gasteiger partial charge on any atom is 0.316 e. The van der Waals surface area contributed by atoms with E-state index in [0.29, 0.717) is 24.2 Å². The lowest BCUT2D eigenvalue weighted by Gasteiger charge is -2.09. The Hall–Kier alpha value is -1.23. The summed E-state index contributed by atoms with van der Waals surface area (Å²) in [5, 5.41) is 0. The van der Waals surface area contributed by atoms with Crippen molar-refractivity contribution in [1.29, 1.82) is 0 Å². The number of hydrogen-bond donors (Lipinski definition) is 1. The van der Waals surface area contributed by atoms with Gasteiger partial charge in [0, 0.05) is 6.20 Å². The fourth-order valence-corrected chi connectivity index (χ4v) is 2.03. The van der Waals surface area contributed by atoms with Gasteiger partial charge in [-0.2, -0.15) is 4.98 Å². The minimum absolute atomic E-state index is 0.271. The molecule has 2 N–H and O–H groups in total. The van der Waals surface area contributed by atoms with E-state index in [1.54, 1.807) is 12.3 Å². The normalized spacial score (nSPS) is 16.2. The second kappa shape index (κ2) is 5.21. The first-order chi connectivity index (χ1) is 7.75. The van der Waals surface area contributed by atoms with Crippen molar-refractivity contribution in [2.75, 3.05) is 6.61 Å². The number of ether oxygens (including phenoxy) is 1. The Bertz CT molecular complexity index is 377. The van der Waals surface area contributed by atoms with Crippen LogP contribution in [0, 0.1) is 5.92 Å². The molecule has 1 aromatic heterocycles. The SMILES string of the molecule is NC(=S)c1ccnc(OCC2CCCC2)n1. The van der Waals surface area contributed by atoms with Gasteiger partial charge < -0.3 is 10.5 Å². The molecule has 1 aliphatic carbocycles. The summed E-state index contributed by atoms with van der Waals surface area (Å²) in [7, 11) is 0. The Kier molecular flexibility index (Phi) is 3.66. The zero-order chi connectivity index (χ0) is 11.4. The molecule has 0 atom stereocenters. The number of nitrogens with zero attached hydrogens (tertiary/aromatic N) is 2. The van der Waals surface area contributed by atoms with Gasteiger partial charge in [0.2, 0.25) is 0 Å². The lowest BCUT2D eigenvalue weighted by Crippen LogP contribution is -2.14. The highest BCUT2D eigenvalue weighted by Gasteiger charge is 2.16. The summed E-state index contributed by atoms with van der Waals surface area (Å²) < 4.78 is 5.54. The predicted octanol–water partition coefficient (Wildman–Crippen LogP) is 1.68. The maximum absolute atomic E-state index is 5.54. The summed E-state index contributed by atoms with van der Waals surface area (Å²) in [6, 6.07) is 2.06. The van der Waals surface area contributed by atoms with E-state index in [4.69, 9.17) is 22.7 Å². The molecule has 0 spiro atoms. The van der Waals surface area contributed by atoms with Crippen LogP contribution in [0.5, 0.6) is 6.01 Å². The third-order valence-corrected chi connectivity index (χ3v) is 3.02. The van der Waals surface area contributed by atoms with Gasteiger partial charge in [-0.1, -0.05) is 25.1 Å². The minimum atomic E-state index is 0.271. The summed E-state index contributed by atoms with van der Waals surface area (Å²) in [6.07, 6.45) is 6.72. The molecule has 1 saturated carbocycles. The van der Waals surface area contributed by atoms with Crippen molar-refractivity contribution >= 4 is 17.2 Å². The van der Waals surface area contributed by atoms with Crippen molar-refractivity contribution in [1.82, 2.24) is 9.97 Å². The molecule has 5 heteroatoms. The fraction of sp³-hybridized carbons (Fsp3) is 0.545. The highest BCUT2D eigenvalue weighted by molar-refractivity contribution is 7.80. The van der Waals surface area contributed by atoms with E-state index >= 15 is 0 Å². The van der Waals surface area contributed by atoms with Crippen molar-refractivity contribution in [3.8, 4) is 6.01 Å². The van der Waals surface area contributed by atoms with Crippen LogP contribution in [0.2, 0.25) is 0 Å². The maximum atomic E-state index is 5.54. The molecule has 0 aliphatic heterocycles. The van der Waals surface area contributed by atoms with Crippen LogP contribution in [0.15, 0.2) is 12.3 Å². The lowest BCUT2D eigenvalue weighted by atomic mass is 10.1. The van der Waals surface area contributed by atoms with Gasteiger partial charge >= 0.3 is 6.01 Å². The topological polar surface area (TPSA) is 61.0 Å². The molecule has 0 amide bonds. The number of rotatable bonds is 4. The highest BCUT2D eigenvalue weighted by atomic mass is 32.1. The Morgan fingerprint density at radius 3 is 2.94 bits per heavy atom. The molecule has 1 heterocycles.